The van der Waals surface area contributed by atoms with Crippen molar-refractivity contribution in [2.75, 3.05) is 6.61 Å². The number of nitrogens with one attached hydrogen (secondary N) is 1. The summed E-state index contributed by atoms with van der Waals surface area (Å²) in [6, 6.07) is 4.18. The van der Waals surface area contributed by atoms with Crippen molar-refractivity contribution in [3.05, 3.63) is 35.5 Å². The van der Waals surface area contributed by atoms with E-state index in [4.69, 9.17) is 0 Å². The number of hydrogen-bond acceptors (Lipinski definition) is 2. The van der Waals surface area contributed by atoms with Gasteiger partial charge in [-0.15, -0.1) is 0 Å². The maximum Gasteiger partial charge on any atom is 0.418 e. The molecule has 6 heteroatoms. The lowest BCUT2D eigenvalue weighted by molar-refractivity contribution is -0.136. The van der Waals surface area contributed by atoms with Crippen LogP contribution in [0.2, 0.25) is 0 Å². The van der Waals surface area contributed by atoms with Crippen LogP contribution < -0.4 is 0 Å². The Kier molecular flexibility index (Phi) is 4.97. The molecule has 1 N–H and O–H groups in total. The van der Waals surface area contributed by atoms with Crippen LogP contribution in [-0.4, -0.2) is 18.1 Å². The maximum absolute atomic E-state index is 12.5. The minimum absolute atomic E-state index is 0.164. The first-order valence-electron chi connectivity index (χ1n) is 5.61. The molecule has 2 rings (SSSR count). The van der Waals surface area contributed by atoms with Crippen molar-refractivity contribution in [1.29, 1.82) is 0 Å². The molecule has 0 radical (unpaired) electrons. The van der Waals surface area contributed by atoms with Gasteiger partial charge in [-0.25, -0.2) is 0 Å². The number of halogens is 3. The molecule has 0 atom stereocenters. The largest absolute Gasteiger partial charge is 0.468 e. The minimum atomic E-state index is -4.29. The number of rotatable bonds is 2. The molecule has 1 aromatic heterocycles. The van der Waals surface area contributed by atoms with Gasteiger partial charge >= 0.3 is 6.18 Å². The lowest BCUT2D eigenvalue weighted by atomic mass is 10.1. The van der Waals surface area contributed by atoms with Crippen molar-refractivity contribution in [2.24, 2.45) is 0 Å². The second-order valence-electron chi connectivity index (χ2n) is 3.75. The third kappa shape index (κ3) is 3.74. The number of aromatic amines is 1. The Hall–Kier alpha value is -1.98. The highest BCUT2D eigenvalue weighted by Crippen LogP contribution is 2.34. The van der Waals surface area contributed by atoms with E-state index in [2.05, 4.69) is 9.72 Å². The van der Waals surface area contributed by atoms with Gasteiger partial charge in [0.2, 0.25) is 0 Å². The van der Waals surface area contributed by atoms with Crippen LogP contribution >= 0.6 is 0 Å². The number of carbonyl (C=O) groups is 1. The van der Waals surface area contributed by atoms with Gasteiger partial charge in [-0.2, -0.15) is 13.2 Å². The Morgan fingerprint density at radius 3 is 2.53 bits per heavy atom. The van der Waals surface area contributed by atoms with Crippen LogP contribution in [0.15, 0.2) is 24.4 Å². The first-order valence-corrected chi connectivity index (χ1v) is 5.61. The summed E-state index contributed by atoms with van der Waals surface area (Å²) in [5.74, 6) is 0. The molecule has 0 aliphatic heterocycles. The fourth-order valence-electron chi connectivity index (χ4n) is 1.60. The number of para-hydroxylation sites is 1. The smallest absolute Gasteiger partial charge is 0.418 e. The zero-order valence-electron chi connectivity index (χ0n) is 10.5. The lowest BCUT2D eigenvalue weighted by Gasteiger charge is -2.07. The second-order valence-corrected chi connectivity index (χ2v) is 3.75. The zero-order valence-corrected chi connectivity index (χ0v) is 10.5. The number of hydrogen-bond donors (Lipinski definition) is 1. The molecule has 19 heavy (non-hydrogen) atoms. The van der Waals surface area contributed by atoms with E-state index in [-0.39, 0.29) is 5.52 Å². The van der Waals surface area contributed by atoms with Crippen molar-refractivity contribution in [1.82, 2.24) is 4.98 Å². The lowest BCUT2D eigenvalue weighted by Crippen LogP contribution is -2.05. The Bertz CT molecular complexity index is 546. The number of aromatic nitrogens is 1. The molecule has 104 valence electrons. The highest BCUT2D eigenvalue weighted by Gasteiger charge is 2.32. The molecule has 1 aromatic carbocycles. The van der Waals surface area contributed by atoms with Crippen molar-refractivity contribution in [3.63, 3.8) is 0 Å². The van der Waals surface area contributed by atoms with Crippen LogP contribution in [0.1, 0.15) is 18.1 Å². The summed E-state index contributed by atoms with van der Waals surface area (Å²) < 4.78 is 41.7. The summed E-state index contributed by atoms with van der Waals surface area (Å²) in [6.45, 7) is 4.44. The van der Waals surface area contributed by atoms with E-state index >= 15 is 0 Å². The number of fused-ring (bicyclic) bond motifs is 1. The van der Waals surface area contributed by atoms with Gasteiger partial charge in [0.15, 0.2) is 0 Å². The fraction of sp³-hybridized carbons (Fsp3) is 0.308. The second kappa shape index (κ2) is 6.26. The van der Waals surface area contributed by atoms with Gasteiger partial charge in [0.05, 0.1) is 17.7 Å². The Labute approximate surface area is 108 Å². The zero-order chi connectivity index (χ0) is 14.5. The third-order valence-corrected chi connectivity index (χ3v) is 2.46. The van der Waals surface area contributed by atoms with E-state index in [1.54, 1.807) is 26.1 Å². The monoisotopic (exact) mass is 273 g/mol. The van der Waals surface area contributed by atoms with Crippen LogP contribution in [0.4, 0.5) is 13.2 Å². The van der Waals surface area contributed by atoms with Crippen molar-refractivity contribution < 1.29 is 22.7 Å². The van der Waals surface area contributed by atoms with Gasteiger partial charge in [0.1, 0.15) is 0 Å². The Balaban J connectivity index is 0.000000312. The standard InChI is InChI=1S/C10H8F3N.C3H6O2/c1-6-5-14-9-7(6)3-2-4-8(9)10(11,12)13;1-2-5-3-4/h2-5,14H,1H3;3H,2H2,1H3. The molecule has 3 nitrogen and oxygen atoms in total. The van der Waals surface area contributed by atoms with Crippen molar-refractivity contribution >= 4 is 17.4 Å². The molecule has 0 bridgehead atoms. The van der Waals surface area contributed by atoms with Crippen LogP contribution in [-0.2, 0) is 15.7 Å². The summed E-state index contributed by atoms with van der Waals surface area (Å²) in [5.41, 5.74) is 0.381. The van der Waals surface area contributed by atoms with E-state index in [0.29, 0.717) is 18.5 Å². The number of aryl methyl sites for hydroxylation is 1. The molecule has 2 aromatic rings. The predicted molar refractivity (Wildman–Crippen MR) is 65.7 cm³/mol. The summed E-state index contributed by atoms with van der Waals surface area (Å²) in [5, 5.41) is 0.625. The summed E-state index contributed by atoms with van der Waals surface area (Å²) >= 11 is 0. The first-order chi connectivity index (χ1) is 8.91. The molecule has 0 unspecified atom stereocenters. The summed E-state index contributed by atoms with van der Waals surface area (Å²) in [7, 11) is 0. The quantitative estimate of drug-likeness (QED) is 0.848. The molecule has 0 aliphatic carbocycles. The fourth-order valence-corrected chi connectivity index (χ4v) is 1.60. The van der Waals surface area contributed by atoms with Gasteiger partial charge in [0, 0.05) is 11.6 Å². The number of ether oxygens (including phenoxy) is 1. The van der Waals surface area contributed by atoms with E-state index in [1.165, 1.54) is 6.07 Å². The maximum atomic E-state index is 12.5. The number of alkyl halides is 3. The molecule has 0 spiro atoms. The molecule has 0 fully saturated rings. The van der Waals surface area contributed by atoms with E-state index in [9.17, 15) is 18.0 Å². The van der Waals surface area contributed by atoms with Gasteiger partial charge in [-0.05, 0) is 25.5 Å². The summed E-state index contributed by atoms with van der Waals surface area (Å²) in [6.07, 6.45) is -2.71. The van der Waals surface area contributed by atoms with Crippen LogP contribution in [0.5, 0.6) is 0 Å². The topological polar surface area (TPSA) is 42.1 Å². The average Bonchev–Trinajstić information content (AvgIpc) is 2.72. The van der Waals surface area contributed by atoms with E-state index < -0.39 is 11.7 Å². The first kappa shape index (κ1) is 15.1. The minimum Gasteiger partial charge on any atom is -0.468 e. The highest BCUT2D eigenvalue weighted by molar-refractivity contribution is 5.86. The SMILES string of the molecule is CCOC=O.Cc1c[nH]c2c(C(F)(F)F)cccc12. The van der Waals surface area contributed by atoms with Gasteiger partial charge in [-0.1, -0.05) is 12.1 Å². The van der Waals surface area contributed by atoms with Crippen LogP contribution in [0.25, 0.3) is 10.9 Å². The highest BCUT2D eigenvalue weighted by atomic mass is 19.4. The predicted octanol–water partition coefficient (Wildman–Crippen LogP) is 3.67. The van der Waals surface area contributed by atoms with E-state index in [1.807, 2.05) is 0 Å². The molecule has 0 saturated heterocycles. The molecule has 0 aliphatic rings. The van der Waals surface area contributed by atoms with Crippen LogP contribution in [0.3, 0.4) is 0 Å². The molecule has 0 amide bonds. The Morgan fingerprint density at radius 2 is 2.05 bits per heavy atom. The van der Waals surface area contributed by atoms with Crippen molar-refractivity contribution in [2.45, 2.75) is 20.0 Å². The molecular weight excluding hydrogens is 259 g/mol. The normalized spacial score (nSPS) is 10.8. The number of H-pyrrole nitrogens is 1. The van der Waals surface area contributed by atoms with Gasteiger partial charge in [-0.3, -0.25) is 4.79 Å². The molecule has 1 heterocycles. The molecular formula is C13H14F3NO2. The Morgan fingerprint density at radius 1 is 1.37 bits per heavy atom. The van der Waals surface area contributed by atoms with E-state index in [0.717, 1.165) is 11.6 Å². The third-order valence-electron chi connectivity index (χ3n) is 2.46. The average molecular weight is 273 g/mol. The van der Waals surface area contributed by atoms with Gasteiger partial charge < -0.3 is 9.72 Å². The number of benzene rings is 1. The summed E-state index contributed by atoms with van der Waals surface area (Å²) in [4.78, 5) is 11.8. The van der Waals surface area contributed by atoms with Gasteiger partial charge in [0.25, 0.3) is 6.47 Å². The van der Waals surface area contributed by atoms with Crippen molar-refractivity contribution in [3.8, 4) is 0 Å². The number of carbonyl (C=O) groups excluding carboxylic acids is 1. The molecule has 0 saturated carbocycles. The van der Waals surface area contributed by atoms with Crippen LogP contribution in [0, 0.1) is 6.92 Å².